The van der Waals surface area contributed by atoms with Gasteiger partial charge in [0.25, 0.3) is 0 Å². The van der Waals surface area contributed by atoms with E-state index in [1.165, 1.54) is 51.4 Å². The van der Waals surface area contributed by atoms with Crippen molar-refractivity contribution >= 4 is 0 Å². The SMILES string of the molecule is CCCCCC1CCC(C2CCC(C(F)(F)OC3CC(F)C(F)C(F)C3)CC2)CC1. The van der Waals surface area contributed by atoms with Crippen LogP contribution in [0.2, 0.25) is 0 Å². The van der Waals surface area contributed by atoms with Gasteiger partial charge in [0.2, 0.25) is 0 Å². The fourth-order valence-corrected chi connectivity index (χ4v) is 6.06. The molecule has 0 N–H and O–H groups in total. The maximum atomic E-state index is 14.7. The van der Waals surface area contributed by atoms with Crippen LogP contribution in [0.5, 0.6) is 0 Å². The van der Waals surface area contributed by atoms with Gasteiger partial charge in [-0.1, -0.05) is 45.4 Å². The topological polar surface area (TPSA) is 9.23 Å². The third-order valence-electron chi connectivity index (χ3n) is 8.01. The standard InChI is InChI=1S/C24H39F5O/c1-2-3-4-5-16-6-8-17(9-7-16)18-10-12-19(13-11-18)24(28,29)30-20-14-21(25)23(27)22(26)15-20/h16-23H,2-15H2,1H3. The molecule has 0 bridgehead atoms. The second-order valence-corrected chi connectivity index (χ2v) is 10.1. The number of unbranched alkanes of at least 4 members (excludes halogenated alkanes) is 2. The van der Waals surface area contributed by atoms with E-state index in [-0.39, 0.29) is 0 Å². The fourth-order valence-electron chi connectivity index (χ4n) is 6.06. The zero-order valence-corrected chi connectivity index (χ0v) is 18.3. The number of ether oxygens (including phenoxy) is 1. The highest BCUT2D eigenvalue weighted by Gasteiger charge is 2.48. The van der Waals surface area contributed by atoms with Crippen LogP contribution in [-0.2, 0) is 4.74 Å². The molecule has 0 amide bonds. The average Bonchev–Trinajstić information content (AvgIpc) is 2.72. The van der Waals surface area contributed by atoms with Gasteiger partial charge in [-0.15, -0.1) is 0 Å². The van der Waals surface area contributed by atoms with Crippen molar-refractivity contribution < 1.29 is 26.7 Å². The predicted octanol–water partition coefficient (Wildman–Crippen LogP) is 7.97. The van der Waals surface area contributed by atoms with Gasteiger partial charge in [0, 0.05) is 12.8 Å². The minimum absolute atomic E-state index is 0.394. The molecule has 0 aromatic rings. The smallest absolute Gasteiger partial charge is 0.317 e. The first-order valence-electron chi connectivity index (χ1n) is 12.3. The second-order valence-electron chi connectivity index (χ2n) is 10.1. The zero-order valence-electron chi connectivity index (χ0n) is 18.3. The molecule has 176 valence electrons. The highest BCUT2D eigenvalue weighted by Crippen LogP contribution is 2.46. The minimum Gasteiger partial charge on any atom is -0.317 e. The van der Waals surface area contributed by atoms with Gasteiger partial charge in [-0.25, -0.2) is 13.2 Å². The van der Waals surface area contributed by atoms with E-state index in [9.17, 15) is 22.0 Å². The summed E-state index contributed by atoms with van der Waals surface area (Å²) in [7, 11) is 0. The van der Waals surface area contributed by atoms with Crippen molar-refractivity contribution in [2.75, 3.05) is 0 Å². The predicted molar refractivity (Wildman–Crippen MR) is 109 cm³/mol. The molecular weight excluding hydrogens is 399 g/mol. The summed E-state index contributed by atoms with van der Waals surface area (Å²) in [6.07, 6.45) is 0.589. The summed E-state index contributed by atoms with van der Waals surface area (Å²) in [5.74, 6) is 1.11. The largest absolute Gasteiger partial charge is 0.358 e. The van der Waals surface area contributed by atoms with Crippen LogP contribution in [0.1, 0.15) is 96.8 Å². The Morgan fingerprint density at radius 3 is 1.83 bits per heavy atom. The lowest BCUT2D eigenvalue weighted by molar-refractivity contribution is -0.306. The van der Waals surface area contributed by atoms with Crippen LogP contribution in [0.4, 0.5) is 22.0 Å². The molecule has 0 spiro atoms. The minimum atomic E-state index is -3.39. The third-order valence-corrected chi connectivity index (χ3v) is 8.01. The first-order valence-corrected chi connectivity index (χ1v) is 12.3. The summed E-state index contributed by atoms with van der Waals surface area (Å²) < 4.78 is 74.5. The Labute approximate surface area is 178 Å². The zero-order chi connectivity index (χ0) is 21.7. The Kier molecular flexibility index (Phi) is 8.86. The maximum Gasteiger partial charge on any atom is 0.358 e. The first-order chi connectivity index (χ1) is 14.3. The van der Waals surface area contributed by atoms with E-state index in [1.807, 2.05) is 0 Å². The van der Waals surface area contributed by atoms with Gasteiger partial charge in [-0.3, -0.25) is 0 Å². The van der Waals surface area contributed by atoms with E-state index in [0.717, 1.165) is 18.8 Å². The van der Waals surface area contributed by atoms with Crippen LogP contribution in [-0.4, -0.2) is 30.7 Å². The lowest BCUT2D eigenvalue weighted by atomic mass is 9.68. The van der Waals surface area contributed by atoms with Crippen LogP contribution in [0.15, 0.2) is 0 Å². The number of hydrogen-bond donors (Lipinski definition) is 0. The van der Waals surface area contributed by atoms with E-state index in [1.54, 1.807) is 0 Å². The molecule has 3 aliphatic rings. The molecule has 0 heterocycles. The monoisotopic (exact) mass is 438 g/mol. The molecule has 0 aliphatic heterocycles. The van der Waals surface area contributed by atoms with Crippen molar-refractivity contribution in [3.8, 4) is 0 Å². The molecule has 6 heteroatoms. The Bertz CT molecular complexity index is 488. The van der Waals surface area contributed by atoms with Gasteiger partial charge >= 0.3 is 6.11 Å². The van der Waals surface area contributed by atoms with E-state index in [4.69, 9.17) is 4.74 Å². The van der Waals surface area contributed by atoms with Gasteiger partial charge in [0.15, 0.2) is 6.17 Å². The quantitative estimate of drug-likeness (QED) is 0.276. The summed E-state index contributed by atoms with van der Waals surface area (Å²) in [6, 6.07) is 0. The molecule has 0 aromatic heterocycles. The average molecular weight is 439 g/mol. The van der Waals surface area contributed by atoms with Crippen LogP contribution in [0, 0.1) is 23.7 Å². The van der Waals surface area contributed by atoms with Crippen molar-refractivity contribution in [2.24, 2.45) is 23.7 Å². The van der Waals surface area contributed by atoms with Gasteiger partial charge in [0.1, 0.15) is 12.3 Å². The lowest BCUT2D eigenvalue weighted by Crippen LogP contribution is -2.45. The Balaban J connectivity index is 1.40. The van der Waals surface area contributed by atoms with Crippen LogP contribution in [0.3, 0.4) is 0 Å². The van der Waals surface area contributed by atoms with Crippen LogP contribution in [0.25, 0.3) is 0 Å². The molecule has 3 rings (SSSR count). The Hall–Kier alpha value is -0.390. The molecule has 0 radical (unpaired) electrons. The van der Waals surface area contributed by atoms with E-state index >= 15 is 0 Å². The van der Waals surface area contributed by atoms with E-state index < -0.39 is 49.5 Å². The second kappa shape index (κ2) is 11.0. The van der Waals surface area contributed by atoms with Crippen molar-refractivity contribution in [1.29, 1.82) is 0 Å². The number of hydrogen-bond acceptors (Lipinski definition) is 1. The third kappa shape index (κ3) is 6.32. The van der Waals surface area contributed by atoms with Crippen molar-refractivity contribution in [1.82, 2.24) is 0 Å². The highest BCUT2D eigenvalue weighted by molar-refractivity contribution is 4.89. The van der Waals surface area contributed by atoms with Gasteiger partial charge in [-0.2, -0.15) is 8.78 Å². The van der Waals surface area contributed by atoms with Crippen molar-refractivity contribution in [3.63, 3.8) is 0 Å². The summed E-state index contributed by atoms with van der Waals surface area (Å²) in [6.45, 7) is 2.23. The first kappa shape index (κ1) is 24.3. The summed E-state index contributed by atoms with van der Waals surface area (Å²) in [5.41, 5.74) is 0. The molecule has 1 nitrogen and oxygen atoms in total. The molecular formula is C24H39F5O. The van der Waals surface area contributed by atoms with Crippen molar-refractivity contribution in [2.45, 2.75) is 128 Å². The summed E-state index contributed by atoms with van der Waals surface area (Å²) in [4.78, 5) is 0. The van der Waals surface area contributed by atoms with Crippen LogP contribution >= 0.6 is 0 Å². The summed E-state index contributed by atoms with van der Waals surface area (Å²) in [5, 5.41) is 0. The molecule has 0 aromatic carbocycles. The van der Waals surface area contributed by atoms with Gasteiger partial charge in [0.05, 0.1) is 12.0 Å². The van der Waals surface area contributed by atoms with Crippen LogP contribution < -0.4 is 0 Å². The molecule has 0 saturated heterocycles. The van der Waals surface area contributed by atoms with Gasteiger partial charge in [-0.05, 0) is 56.3 Å². The Morgan fingerprint density at radius 2 is 1.30 bits per heavy atom. The molecule has 2 unspecified atom stereocenters. The Morgan fingerprint density at radius 1 is 0.767 bits per heavy atom. The number of rotatable bonds is 8. The molecule has 3 aliphatic carbocycles. The fraction of sp³-hybridized carbons (Fsp3) is 1.00. The molecule has 30 heavy (non-hydrogen) atoms. The van der Waals surface area contributed by atoms with E-state index in [0.29, 0.717) is 24.7 Å². The summed E-state index contributed by atoms with van der Waals surface area (Å²) >= 11 is 0. The normalized spacial score (nSPS) is 41.0. The lowest BCUT2D eigenvalue weighted by Gasteiger charge is -2.40. The highest BCUT2D eigenvalue weighted by atomic mass is 19.3. The number of alkyl halides is 5. The maximum absolute atomic E-state index is 14.7. The molecule has 3 fully saturated rings. The number of halogens is 5. The van der Waals surface area contributed by atoms with Crippen molar-refractivity contribution in [3.05, 3.63) is 0 Å². The van der Waals surface area contributed by atoms with E-state index in [2.05, 4.69) is 6.92 Å². The molecule has 3 saturated carbocycles. The van der Waals surface area contributed by atoms with Gasteiger partial charge < -0.3 is 4.74 Å². The molecule has 2 atom stereocenters.